The van der Waals surface area contributed by atoms with Crippen LogP contribution in [0.15, 0.2) is 48.5 Å². The zero-order chi connectivity index (χ0) is 22.3. The molecule has 0 spiro atoms. The van der Waals surface area contributed by atoms with E-state index in [1.165, 1.54) is 6.07 Å². The summed E-state index contributed by atoms with van der Waals surface area (Å²) >= 11 is 6.10. The molecule has 0 saturated carbocycles. The van der Waals surface area contributed by atoms with Crippen molar-refractivity contribution >= 4 is 29.0 Å². The van der Waals surface area contributed by atoms with Crippen molar-refractivity contribution < 1.29 is 19.4 Å². The molecule has 3 N–H and O–H groups in total. The van der Waals surface area contributed by atoms with Crippen molar-refractivity contribution in [1.82, 2.24) is 5.32 Å². The summed E-state index contributed by atoms with van der Waals surface area (Å²) in [6.45, 7) is 7.36. The van der Waals surface area contributed by atoms with Crippen LogP contribution in [0.4, 0.5) is 5.69 Å². The van der Waals surface area contributed by atoms with E-state index < -0.39 is 18.1 Å². The molecule has 2 aromatic carbocycles. The van der Waals surface area contributed by atoms with Gasteiger partial charge in [-0.2, -0.15) is 0 Å². The van der Waals surface area contributed by atoms with Gasteiger partial charge in [0.1, 0.15) is 0 Å². The summed E-state index contributed by atoms with van der Waals surface area (Å²) in [7, 11) is 0. The Kier molecular flexibility index (Phi) is 8.55. The Balaban J connectivity index is 2.22. The normalized spacial score (nSPS) is 13.5. The summed E-state index contributed by atoms with van der Waals surface area (Å²) in [6.07, 6.45) is -0.113. The number of hydrogen-bond acceptors (Lipinski definition) is 5. The lowest BCUT2D eigenvalue weighted by Crippen LogP contribution is -2.49. The number of aliphatic hydroxyl groups excluding tert-OH is 1. The minimum Gasteiger partial charge on any atom is -0.356 e. The van der Waals surface area contributed by atoms with Crippen LogP contribution in [0.5, 0.6) is 0 Å². The molecule has 0 aromatic heterocycles. The molecule has 0 radical (unpaired) electrons. The highest BCUT2D eigenvalue weighted by molar-refractivity contribution is 6.31. The number of anilines is 1. The summed E-state index contributed by atoms with van der Waals surface area (Å²) in [4.78, 5) is 25.9. The molecule has 162 valence electrons. The van der Waals surface area contributed by atoms with Gasteiger partial charge in [-0.1, -0.05) is 55.3 Å². The summed E-state index contributed by atoms with van der Waals surface area (Å²) in [6, 6.07) is 12.8. The van der Waals surface area contributed by atoms with Crippen molar-refractivity contribution in [2.75, 3.05) is 5.32 Å². The summed E-state index contributed by atoms with van der Waals surface area (Å²) in [5.41, 5.74) is 0.564. The topological polar surface area (TPSA) is 87.7 Å². The Morgan fingerprint density at radius 2 is 1.80 bits per heavy atom. The van der Waals surface area contributed by atoms with Crippen molar-refractivity contribution in [3.05, 3.63) is 64.7 Å². The van der Waals surface area contributed by atoms with E-state index in [1.54, 1.807) is 36.4 Å². The first-order valence-electron chi connectivity index (χ1n) is 9.93. The molecular formula is C23H29ClN2O4. The number of aliphatic hydroxyl groups is 1. The molecule has 1 amide bonds. The van der Waals surface area contributed by atoms with Crippen LogP contribution in [0.3, 0.4) is 0 Å². The van der Waals surface area contributed by atoms with Crippen LogP contribution >= 0.6 is 11.6 Å². The van der Waals surface area contributed by atoms with Gasteiger partial charge in [0.25, 0.3) is 0 Å². The molecule has 2 atom stereocenters. The van der Waals surface area contributed by atoms with Gasteiger partial charge in [-0.05, 0) is 45.4 Å². The predicted molar refractivity (Wildman–Crippen MR) is 119 cm³/mol. The highest BCUT2D eigenvalue weighted by atomic mass is 35.5. The number of benzene rings is 2. The lowest BCUT2D eigenvalue weighted by Gasteiger charge is -2.27. The van der Waals surface area contributed by atoms with Gasteiger partial charge < -0.3 is 15.2 Å². The third kappa shape index (κ3) is 7.22. The Morgan fingerprint density at radius 3 is 2.40 bits per heavy atom. The van der Waals surface area contributed by atoms with E-state index in [2.05, 4.69) is 10.6 Å². The molecule has 6 nitrogen and oxygen atoms in total. The van der Waals surface area contributed by atoms with Gasteiger partial charge in [0.15, 0.2) is 5.78 Å². The van der Waals surface area contributed by atoms with Gasteiger partial charge in [-0.25, -0.2) is 0 Å². The van der Waals surface area contributed by atoms with Gasteiger partial charge in [0.05, 0.1) is 17.3 Å². The first-order chi connectivity index (χ1) is 14.1. The highest BCUT2D eigenvalue weighted by Crippen LogP contribution is 2.24. The molecule has 2 aromatic rings. The number of ether oxygens (including phenoxy) is 1. The number of ketones is 1. The SMILES string of the molecule is CCC[C@H](NC(O)OC(C)(C)C)C(=O)Nc1ccc(Cl)cc1C(=O)c1ccccc1. The van der Waals surface area contributed by atoms with Crippen LogP contribution in [0.2, 0.25) is 5.02 Å². The number of rotatable bonds is 9. The monoisotopic (exact) mass is 432 g/mol. The smallest absolute Gasteiger partial charge is 0.241 e. The van der Waals surface area contributed by atoms with E-state index in [9.17, 15) is 14.7 Å². The lowest BCUT2D eigenvalue weighted by atomic mass is 10.0. The van der Waals surface area contributed by atoms with Gasteiger partial charge in [-0.3, -0.25) is 14.9 Å². The molecule has 0 aliphatic heterocycles. The van der Waals surface area contributed by atoms with Crippen LogP contribution < -0.4 is 10.6 Å². The molecule has 0 heterocycles. The van der Waals surface area contributed by atoms with Crippen LogP contribution in [-0.2, 0) is 9.53 Å². The number of hydrogen-bond donors (Lipinski definition) is 3. The molecule has 30 heavy (non-hydrogen) atoms. The second-order valence-electron chi connectivity index (χ2n) is 7.96. The van der Waals surface area contributed by atoms with Crippen molar-refractivity contribution in [3.8, 4) is 0 Å². The van der Waals surface area contributed by atoms with E-state index in [-0.39, 0.29) is 11.7 Å². The minimum absolute atomic E-state index is 0.246. The summed E-state index contributed by atoms with van der Waals surface area (Å²) in [5, 5.41) is 16.1. The van der Waals surface area contributed by atoms with Crippen molar-refractivity contribution in [2.45, 2.75) is 58.6 Å². The van der Waals surface area contributed by atoms with Crippen LogP contribution in [0.1, 0.15) is 56.5 Å². The van der Waals surface area contributed by atoms with Gasteiger partial charge in [-0.15, -0.1) is 0 Å². The summed E-state index contributed by atoms with van der Waals surface area (Å²) in [5.74, 6) is -0.623. The zero-order valence-electron chi connectivity index (χ0n) is 17.7. The molecular weight excluding hydrogens is 404 g/mol. The van der Waals surface area contributed by atoms with Crippen molar-refractivity contribution in [2.24, 2.45) is 0 Å². The third-order valence-corrected chi connectivity index (χ3v) is 4.46. The average molecular weight is 433 g/mol. The van der Waals surface area contributed by atoms with Crippen molar-refractivity contribution in [1.29, 1.82) is 0 Å². The highest BCUT2D eigenvalue weighted by Gasteiger charge is 2.25. The maximum absolute atomic E-state index is 12.9. The average Bonchev–Trinajstić information content (AvgIpc) is 2.67. The van der Waals surface area contributed by atoms with Crippen LogP contribution in [-0.4, -0.2) is 34.9 Å². The first kappa shape index (κ1) is 24.0. The number of amides is 1. The molecule has 0 saturated heterocycles. The van der Waals surface area contributed by atoms with Crippen LogP contribution in [0.25, 0.3) is 0 Å². The van der Waals surface area contributed by atoms with E-state index >= 15 is 0 Å². The number of halogens is 1. The summed E-state index contributed by atoms with van der Waals surface area (Å²) < 4.78 is 5.44. The zero-order valence-corrected chi connectivity index (χ0v) is 18.5. The Morgan fingerprint density at radius 1 is 1.13 bits per heavy atom. The molecule has 0 aliphatic carbocycles. The van der Waals surface area contributed by atoms with E-state index in [0.29, 0.717) is 34.7 Å². The number of nitrogens with one attached hydrogen (secondary N) is 2. The van der Waals surface area contributed by atoms with E-state index in [0.717, 1.165) is 0 Å². The van der Waals surface area contributed by atoms with Gasteiger partial charge in [0.2, 0.25) is 12.3 Å². The Labute approximate surface area is 182 Å². The fourth-order valence-electron chi connectivity index (χ4n) is 2.90. The molecule has 0 fully saturated rings. The molecule has 0 bridgehead atoms. The number of carbonyl (C=O) groups is 2. The lowest BCUT2D eigenvalue weighted by molar-refractivity contribution is -0.186. The minimum atomic E-state index is -1.30. The van der Waals surface area contributed by atoms with E-state index in [1.807, 2.05) is 33.8 Å². The maximum Gasteiger partial charge on any atom is 0.241 e. The molecule has 2 rings (SSSR count). The number of carbonyl (C=O) groups excluding carboxylic acids is 2. The quantitative estimate of drug-likeness (QED) is 0.404. The molecule has 0 aliphatic rings. The van der Waals surface area contributed by atoms with E-state index in [4.69, 9.17) is 16.3 Å². The maximum atomic E-state index is 12.9. The van der Waals surface area contributed by atoms with Crippen molar-refractivity contribution in [3.63, 3.8) is 0 Å². The third-order valence-electron chi connectivity index (χ3n) is 4.22. The fourth-order valence-corrected chi connectivity index (χ4v) is 3.07. The second kappa shape index (κ2) is 10.7. The standard InChI is InChI=1S/C23H29ClN2O4/c1-5-9-19(26-22(29)30-23(2,3)4)21(28)25-18-13-12-16(24)14-17(18)20(27)15-10-7-6-8-11-15/h6-8,10-14,19,22,26,29H,5,9H2,1-4H3,(H,25,28)/t19-,22?/m0/s1. The molecule has 1 unspecified atom stereocenters. The Hall–Kier alpha value is -2.25. The second-order valence-corrected chi connectivity index (χ2v) is 8.40. The predicted octanol–water partition coefficient (Wildman–Crippen LogP) is 4.36. The van der Waals surface area contributed by atoms with Gasteiger partial charge >= 0.3 is 0 Å². The van der Waals surface area contributed by atoms with Crippen LogP contribution in [0, 0.1) is 0 Å². The fraction of sp³-hybridized carbons (Fsp3) is 0.391. The molecule has 7 heteroatoms. The Bertz CT molecular complexity index is 865. The largest absolute Gasteiger partial charge is 0.356 e. The first-order valence-corrected chi connectivity index (χ1v) is 10.3. The van der Waals surface area contributed by atoms with Gasteiger partial charge in [0, 0.05) is 16.1 Å².